The van der Waals surface area contributed by atoms with Gasteiger partial charge in [0.2, 0.25) is 0 Å². The summed E-state index contributed by atoms with van der Waals surface area (Å²) >= 11 is 0. The summed E-state index contributed by atoms with van der Waals surface area (Å²) in [4.78, 5) is 9.76. The molecule has 2 heterocycles. The van der Waals surface area contributed by atoms with Crippen molar-refractivity contribution in [2.75, 3.05) is 0 Å². The van der Waals surface area contributed by atoms with E-state index in [1.54, 1.807) is 0 Å². The van der Waals surface area contributed by atoms with Gasteiger partial charge in [0.25, 0.3) is 0 Å². The number of pyridine rings is 2. The number of nitrogens with zero attached hydrogens (tertiary/aromatic N) is 2. The Kier molecular flexibility index (Phi) is 7.96. The second-order valence-corrected chi connectivity index (χ2v) is 11.9. The molecule has 0 aliphatic heterocycles. The van der Waals surface area contributed by atoms with Crippen molar-refractivity contribution in [1.82, 2.24) is 9.97 Å². The molecule has 2 nitrogen and oxygen atoms in total. The number of hydrogen-bond donors (Lipinski definition) is 0. The Hall–Kier alpha value is -6.38. The van der Waals surface area contributed by atoms with Gasteiger partial charge < -0.3 is 0 Å². The number of aromatic nitrogens is 2. The SMILES string of the molecule is c1ccc(-c2cc(-c3ccccc3)cc(-c3ccc(-c4ccc(-c5cc(-c6ccccc6)cc(-c6ccccc6)c5)cn4)nc3)c2)cc1. The van der Waals surface area contributed by atoms with Crippen LogP contribution in [0.5, 0.6) is 0 Å². The van der Waals surface area contributed by atoms with E-state index in [2.05, 4.69) is 182 Å². The van der Waals surface area contributed by atoms with E-state index >= 15 is 0 Å². The molecule has 0 N–H and O–H groups in total. The van der Waals surface area contributed by atoms with Crippen LogP contribution in [0.25, 0.3) is 78.1 Å². The Morgan fingerprint density at radius 3 is 0.688 bits per heavy atom. The first kappa shape index (κ1) is 29.1. The summed E-state index contributed by atoms with van der Waals surface area (Å²) in [5, 5.41) is 0. The van der Waals surface area contributed by atoms with E-state index in [9.17, 15) is 0 Å². The second-order valence-electron chi connectivity index (χ2n) is 11.9. The van der Waals surface area contributed by atoms with E-state index in [-0.39, 0.29) is 0 Å². The first-order valence-corrected chi connectivity index (χ1v) is 16.2. The Balaban J connectivity index is 1.11. The molecule has 2 heteroatoms. The van der Waals surface area contributed by atoms with Gasteiger partial charge in [-0.3, -0.25) is 9.97 Å². The van der Waals surface area contributed by atoms with Gasteiger partial charge in [-0.2, -0.15) is 0 Å². The summed E-state index contributed by atoms with van der Waals surface area (Å²) in [6.07, 6.45) is 3.92. The van der Waals surface area contributed by atoms with Crippen molar-refractivity contribution < 1.29 is 0 Å². The topological polar surface area (TPSA) is 25.8 Å². The third-order valence-corrected chi connectivity index (χ3v) is 8.75. The van der Waals surface area contributed by atoms with Crippen molar-refractivity contribution in [2.24, 2.45) is 0 Å². The van der Waals surface area contributed by atoms with Gasteiger partial charge in [0.05, 0.1) is 11.4 Å². The fraction of sp³-hybridized carbons (Fsp3) is 0. The van der Waals surface area contributed by atoms with Gasteiger partial charge in [-0.25, -0.2) is 0 Å². The van der Waals surface area contributed by atoms with Gasteiger partial charge in [0, 0.05) is 23.5 Å². The smallest absolute Gasteiger partial charge is 0.0886 e. The summed E-state index contributed by atoms with van der Waals surface area (Å²) in [6.45, 7) is 0. The van der Waals surface area contributed by atoms with Crippen LogP contribution in [0.2, 0.25) is 0 Å². The highest BCUT2D eigenvalue weighted by Crippen LogP contribution is 2.35. The van der Waals surface area contributed by atoms with Gasteiger partial charge in [0.15, 0.2) is 0 Å². The maximum Gasteiger partial charge on any atom is 0.0886 e. The summed E-state index contributed by atoms with van der Waals surface area (Å²) in [6, 6.07) is 64.1. The highest BCUT2D eigenvalue weighted by molar-refractivity contribution is 5.83. The normalized spacial score (nSPS) is 10.9. The van der Waals surface area contributed by atoms with Crippen LogP contribution in [0.3, 0.4) is 0 Å². The van der Waals surface area contributed by atoms with Crippen LogP contribution in [-0.4, -0.2) is 9.97 Å². The first-order valence-electron chi connectivity index (χ1n) is 16.2. The molecule has 0 fully saturated rings. The molecule has 0 radical (unpaired) electrons. The standard InChI is InChI=1S/C46H32N2/c1-5-13-33(14-6-1)39-25-40(34-15-7-2-8-16-34)28-43(27-39)37-21-23-45(47-31-37)46-24-22-38(32-48-46)44-29-41(35-17-9-3-10-18-35)26-42(30-44)36-19-11-4-12-20-36/h1-32H. The Morgan fingerprint density at radius 1 is 0.208 bits per heavy atom. The molecule has 0 aliphatic rings. The van der Waals surface area contributed by atoms with Crippen molar-refractivity contribution in [2.45, 2.75) is 0 Å². The van der Waals surface area contributed by atoms with E-state index in [4.69, 9.17) is 9.97 Å². The molecule has 8 rings (SSSR count). The zero-order valence-corrected chi connectivity index (χ0v) is 26.4. The molecule has 48 heavy (non-hydrogen) atoms. The van der Waals surface area contributed by atoms with Gasteiger partial charge in [-0.1, -0.05) is 133 Å². The highest BCUT2D eigenvalue weighted by Gasteiger charge is 2.11. The molecule has 0 aliphatic carbocycles. The van der Waals surface area contributed by atoms with Crippen LogP contribution >= 0.6 is 0 Å². The third kappa shape index (κ3) is 6.20. The van der Waals surface area contributed by atoms with Crippen LogP contribution in [0.1, 0.15) is 0 Å². The average molecular weight is 613 g/mol. The molecule has 0 saturated heterocycles. The molecule has 0 amide bonds. The second kappa shape index (κ2) is 13.2. The molecule has 0 spiro atoms. The van der Waals surface area contributed by atoms with Crippen LogP contribution in [0, 0.1) is 0 Å². The Bertz CT molecular complexity index is 2000. The van der Waals surface area contributed by atoms with Gasteiger partial charge in [-0.15, -0.1) is 0 Å². The van der Waals surface area contributed by atoms with Crippen molar-refractivity contribution in [3.63, 3.8) is 0 Å². The Morgan fingerprint density at radius 2 is 0.458 bits per heavy atom. The molecule has 0 unspecified atom stereocenters. The van der Waals surface area contributed by atoms with Crippen molar-refractivity contribution in [3.8, 4) is 78.1 Å². The maximum atomic E-state index is 4.88. The zero-order valence-electron chi connectivity index (χ0n) is 26.4. The minimum Gasteiger partial charge on any atom is -0.254 e. The minimum atomic E-state index is 0.843. The van der Waals surface area contributed by atoms with E-state index < -0.39 is 0 Å². The predicted octanol–water partition coefficient (Wildman–Crippen LogP) is 12.1. The van der Waals surface area contributed by atoms with Crippen molar-refractivity contribution in [3.05, 3.63) is 194 Å². The third-order valence-electron chi connectivity index (χ3n) is 8.75. The molecule has 0 atom stereocenters. The van der Waals surface area contributed by atoms with E-state index in [1.165, 1.54) is 44.5 Å². The molecular weight excluding hydrogens is 581 g/mol. The van der Waals surface area contributed by atoms with E-state index in [1.807, 2.05) is 12.4 Å². The van der Waals surface area contributed by atoms with E-state index in [0.717, 1.165) is 33.6 Å². The summed E-state index contributed by atoms with van der Waals surface area (Å²) in [5.74, 6) is 0. The average Bonchev–Trinajstić information content (AvgIpc) is 3.19. The molecular formula is C46H32N2. The minimum absolute atomic E-state index is 0.843. The summed E-state index contributed by atoms with van der Waals surface area (Å²) in [5.41, 5.74) is 15.6. The van der Waals surface area contributed by atoms with E-state index in [0.29, 0.717) is 0 Å². The lowest BCUT2D eigenvalue weighted by molar-refractivity contribution is 1.25. The zero-order chi connectivity index (χ0) is 32.1. The van der Waals surface area contributed by atoms with Crippen LogP contribution in [0.15, 0.2) is 194 Å². The Labute approximate surface area is 281 Å². The van der Waals surface area contributed by atoms with Crippen molar-refractivity contribution in [1.29, 1.82) is 0 Å². The lowest BCUT2D eigenvalue weighted by atomic mass is 9.93. The molecule has 8 aromatic rings. The lowest BCUT2D eigenvalue weighted by Crippen LogP contribution is -1.91. The monoisotopic (exact) mass is 612 g/mol. The fourth-order valence-electron chi connectivity index (χ4n) is 6.21. The summed E-state index contributed by atoms with van der Waals surface area (Å²) < 4.78 is 0. The lowest BCUT2D eigenvalue weighted by Gasteiger charge is -2.12. The van der Waals surface area contributed by atoms with Gasteiger partial charge in [-0.05, 0) is 104 Å². The van der Waals surface area contributed by atoms with Crippen LogP contribution in [-0.2, 0) is 0 Å². The number of hydrogen-bond acceptors (Lipinski definition) is 2. The molecule has 0 saturated carbocycles. The molecule has 226 valence electrons. The maximum absolute atomic E-state index is 4.88. The van der Waals surface area contributed by atoms with Gasteiger partial charge in [0.1, 0.15) is 0 Å². The number of benzene rings is 6. The molecule has 2 aromatic heterocycles. The van der Waals surface area contributed by atoms with Gasteiger partial charge >= 0.3 is 0 Å². The molecule has 6 aromatic carbocycles. The highest BCUT2D eigenvalue weighted by atomic mass is 14.8. The molecule has 0 bridgehead atoms. The van der Waals surface area contributed by atoms with Crippen molar-refractivity contribution >= 4 is 0 Å². The largest absolute Gasteiger partial charge is 0.254 e. The fourth-order valence-corrected chi connectivity index (χ4v) is 6.21. The predicted molar refractivity (Wildman–Crippen MR) is 200 cm³/mol. The van der Waals surface area contributed by atoms with Crippen LogP contribution < -0.4 is 0 Å². The quantitative estimate of drug-likeness (QED) is 0.179. The summed E-state index contributed by atoms with van der Waals surface area (Å²) in [7, 11) is 0. The van der Waals surface area contributed by atoms with Crippen LogP contribution in [0.4, 0.5) is 0 Å². The first-order chi connectivity index (χ1) is 23.8. The number of rotatable bonds is 7.